The number of allylic oxidation sites excluding steroid dienone is 1. The summed E-state index contributed by atoms with van der Waals surface area (Å²) in [6.45, 7) is 7.37. The summed E-state index contributed by atoms with van der Waals surface area (Å²) in [4.78, 5) is 0. The molecule has 0 aromatic carbocycles. The number of ether oxygens (including phenoxy) is 1. The van der Waals surface area contributed by atoms with E-state index in [-0.39, 0.29) is 0 Å². The summed E-state index contributed by atoms with van der Waals surface area (Å²) in [5.41, 5.74) is 1.58. The third-order valence-corrected chi connectivity index (χ3v) is 3.65. The first-order valence-electron chi connectivity index (χ1n) is 7.14. The summed E-state index contributed by atoms with van der Waals surface area (Å²) in [6.07, 6.45) is 9.62. The van der Waals surface area contributed by atoms with Crippen molar-refractivity contribution >= 4 is 0 Å². The van der Waals surface area contributed by atoms with Gasteiger partial charge in [-0.05, 0) is 24.7 Å². The molecule has 2 heteroatoms. The normalized spacial score (nSPS) is 18.9. The van der Waals surface area contributed by atoms with Gasteiger partial charge in [0, 0.05) is 20.2 Å². The molecule has 0 aromatic heterocycles. The van der Waals surface area contributed by atoms with Crippen LogP contribution in [-0.2, 0) is 4.74 Å². The molecule has 1 aliphatic rings. The second-order valence-corrected chi connectivity index (χ2v) is 5.46. The molecule has 1 rings (SSSR count). The molecule has 0 saturated heterocycles. The summed E-state index contributed by atoms with van der Waals surface area (Å²) >= 11 is 0. The number of hydrogen-bond acceptors (Lipinski definition) is 2. The van der Waals surface area contributed by atoms with Crippen molar-refractivity contribution in [3.8, 4) is 0 Å². The summed E-state index contributed by atoms with van der Waals surface area (Å²) < 4.78 is 5.05. The zero-order valence-corrected chi connectivity index (χ0v) is 11.8. The molecule has 0 aliphatic heterocycles. The molecule has 0 bridgehead atoms. The highest BCUT2D eigenvalue weighted by molar-refractivity contribution is 5.09. The minimum absolute atomic E-state index is 0.659. The Balaban J connectivity index is 2.37. The van der Waals surface area contributed by atoms with Gasteiger partial charge in [-0.15, -0.1) is 0 Å². The van der Waals surface area contributed by atoms with Gasteiger partial charge in [0.2, 0.25) is 0 Å². The summed E-state index contributed by atoms with van der Waals surface area (Å²) in [5, 5.41) is 3.46. The fraction of sp³-hybridized carbons (Fsp3) is 0.867. The lowest BCUT2D eigenvalue weighted by molar-refractivity contribution is 0.200. The molecule has 17 heavy (non-hydrogen) atoms. The van der Waals surface area contributed by atoms with Crippen molar-refractivity contribution in [2.75, 3.05) is 26.8 Å². The molecule has 2 nitrogen and oxygen atoms in total. The molecular weight excluding hydrogens is 210 g/mol. The van der Waals surface area contributed by atoms with E-state index in [1.54, 1.807) is 12.7 Å². The van der Waals surface area contributed by atoms with E-state index >= 15 is 0 Å². The highest BCUT2D eigenvalue weighted by Crippen LogP contribution is 2.26. The molecule has 0 heterocycles. The first kappa shape index (κ1) is 14.7. The van der Waals surface area contributed by atoms with E-state index in [9.17, 15) is 0 Å². The lowest BCUT2D eigenvalue weighted by Gasteiger charge is -2.21. The Hall–Kier alpha value is -0.340. The van der Waals surface area contributed by atoms with Crippen LogP contribution in [0.15, 0.2) is 11.6 Å². The van der Waals surface area contributed by atoms with Crippen molar-refractivity contribution < 1.29 is 4.74 Å². The smallest absolute Gasteiger partial charge is 0.0587 e. The summed E-state index contributed by atoms with van der Waals surface area (Å²) in [6, 6.07) is 0. The molecule has 0 aromatic rings. The maximum atomic E-state index is 5.05. The quantitative estimate of drug-likeness (QED) is 0.543. The van der Waals surface area contributed by atoms with E-state index in [0.29, 0.717) is 5.92 Å². The number of hydrogen-bond donors (Lipinski definition) is 1. The van der Waals surface area contributed by atoms with Gasteiger partial charge >= 0.3 is 0 Å². The van der Waals surface area contributed by atoms with E-state index in [2.05, 4.69) is 25.2 Å². The molecule has 0 spiro atoms. The standard InChI is InChI=1S/C15H29NO/c1-13(2)15(12-16-9-10-17-3)11-14-7-5-4-6-8-14/h11,13-14,16H,4-10,12H2,1-3H3. The molecule has 0 unspecified atom stereocenters. The summed E-state index contributed by atoms with van der Waals surface area (Å²) in [5.74, 6) is 1.50. The molecular formula is C15H29NO. The van der Waals surface area contributed by atoms with Crippen LogP contribution in [0.5, 0.6) is 0 Å². The SMILES string of the molecule is COCCNCC(=CC1CCCCC1)C(C)C. The van der Waals surface area contributed by atoms with Gasteiger partial charge in [0.1, 0.15) is 0 Å². The highest BCUT2D eigenvalue weighted by atomic mass is 16.5. The molecule has 0 atom stereocenters. The van der Waals surface area contributed by atoms with E-state index in [4.69, 9.17) is 4.74 Å². The van der Waals surface area contributed by atoms with Crippen molar-refractivity contribution in [3.05, 3.63) is 11.6 Å². The van der Waals surface area contributed by atoms with Crippen LogP contribution in [0, 0.1) is 11.8 Å². The van der Waals surface area contributed by atoms with Crippen molar-refractivity contribution in [2.45, 2.75) is 46.0 Å². The van der Waals surface area contributed by atoms with Gasteiger partial charge in [-0.3, -0.25) is 0 Å². The van der Waals surface area contributed by atoms with Gasteiger partial charge in [-0.1, -0.05) is 44.8 Å². The fourth-order valence-electron chi connectivity index (χ4n) is 2.47. The highest BCUT2D eigenvalue weighted by Gasteiger charge is 2.13. The predicted molar refractivity (Wildman–Crippen MR) is 74.2 cm³/mol. The van der Waals surface area contributed by atoms with Gasteiger partial charge in [0.05, 0.1) is 6.61 Å². The van der Waals surface area contributed by atoms with Crippen LogP contribution in [-0.4, -0.2) is 26.8 Å². The zero-order chi connectivity index (χ0) is 12.5. The van der Waals surface area contributed by atoms with Crippen LogP contribution >= 0.6 is 0 Å². The maximum absolute atomic E-state index is 5.05. The Labute approximate surface area is 107 Å². The number of nitrogens with one attached hydrogen (secondary N) is 1. The fourth-order valence-corrected chi connectivity index (χ4v) is 2.47. The molecule has 0 amide bonds. The van der Waals surface area contributed by atoms with Gasteiger partial charge in [-0.25, -0.2) is 0 Å². The number of rotatable bonds is 7. The Morgan fingerprint density at radius 1 is 1.29 bits per heavy atom. The topological polar surface area (TPSA) is 21.3 Å². The summed E-state index contributed by atoms with van der Waals surface area (Å²) in [7, 11) is 1.75. The van der Waals surface area contributed by atoms with E-state index in [1.807, 2.05) is 0 Å². The molecule has 1 fully saturated rings. The molecule has 0 radical (unpaired) electrons. The first-order chi connectivity index (χ1) is 8.24. The van der Waals surface area contributed by atoms with Gasteiger partial charge < -0.3 is 10.1 Å². The van der Waals surface area contributed by atoms with E-state index in [1.165, 1.54) is 32.1 Å². The minimum atomic E-state index is 0.659. The van der Waals surface area contributed by atoms with Crippen molar-refractivity contribution in [1.82, 2.24) is 5.32 Å². The molecule has 1 saturated carbocycles. The van der Waals surface area contributed by atoms with Crippen molar-refractivity contribution in [2.24, 2.45) is 11.8 Å². The van der Waals surface area contributed by atoms with Crippen LogP contribution in [0.3, 0.4) is 0 Å². The number of methoxy groups -OCH3 is 1. The molecule has 100 valence electrons. The van der Waals surface area contributed by atoms with Crippen molar-refractivity contribution in [1.29, 1.82) is 0 Å². The van der Waals surface area contributed by atoms with E-state index in [0.717, 1.165) is 25.6 Å². The lowest BCUT2D eigenvalue weighted by atomic mass is 9.86. The Kier molecular flexibility index (Phi) is 7.54. The second kappa shape index (κ2) is 8.71. The average molecular weight is 239 g/mol. The third-order valence-electron chi connectivity index (χ3n) is 3.65. The second-order valence-electron chi connectivity index (χ2n) is 5.46. The van der Waals surface area contributed by atoms with Gasteiger partial charge in [0.25, 0.3) is 0 Å². The first-order valence-corrected chi connectivity index (χ1v) is 7.14. The maximum Gasteiger partial charge on any atom is 0.0587 e. The minimum Gasteiger partial charge on any atom is -0.383 e. The zero-order valence-electron chi connectivity index (χ0n) is 11.8. The van der Waals surface area contributed by atoms with Crippen LogP contribution in [0.2, 0.25) is 0 Å². The average Bonchev–Trinajstić information content (AvgIpc) is 2.34. The third kappa shape index (κ3) is 6.23. The molecule has 1 aliphatic carbocycles. The predicted octanol–water partition coefficient (Wildman–Crippen LogP) is 3.39. The largest absolute Gasteiger partial charge is 0.383 e. The monoisotopic (exact) mass is 239 g/mol. The van der Waals surface area contributed by atoms with Crippen LogP contribution in [0.25, 0.3) is 0 Å². The van der Waals surface area contributed by atoms with Gasteiger partial charge in [-0.2, -0.15) is 0 Å². The Morgan fingerprint density at radius 3 is 2.59 bits per heavy atom. The Bertz CT molecular complexity index is 217. The Morgan fingerprint density at radius 2 is 2.00 bits per heavy atom. The van der Waals surface area contributed by atoms with Crippen LogP contribution < -0.4 is 5.32 Å². The lowest BCUT2D eigenvalue weighted by Crippen LogP contribution is -2.24. The van der Waals surface area contributed by atoms with Gasteiger partial charge in [0.15, 0.2) is 0 Å². The molecule has 1 N–H and O–H groups in total. The van der Waals surface area contributed by atoms with Crippen molar-refractivity contribution in [3.63, 3.8) is 0 Å². The van der Waals surface area contributed by atoms with Crippen LogP contribution in [0.1, 0.15) is 46.0 Å². The van der Waals surface area contributed by atoms with E-state index < -0.39 is 0 Å². The van der Waals surface area contributed by atoms with Crippen LogP contribution in [0.4, 0.5) is 0 Å².